The fourth-order valence-electron chi connectivity index (χ4n) is 3.44. The van der Waals surface area contributed by atoms with E-state index in [1.165, 1.54) is 7.11 Å². The van der Waals surface area contributed by atoms with Gasteiger partial charge in [-0.1, -0.05) is 0 Å². The first kappa shape index (κ1) is 20.5. The Balaban J connectivity index is 1.49. The van der Waals surface area contributed by atoms with Crippen molar-refractivity contribution in [2.45, 2.75) is 12.5 Å². The third kappa shape index (κ3) is 4.85. The van der Waals surface area contributed by atoms with Crippen LogP contribution in [-0.2, 0) is 4.79 Å². The molecule has 10 nitrogen and oxygen atoms in total. The number of nitrogens with one attached hydrogen (secondary N) is 2. The molecule has 1 aliphatic rings. The van der Waals surface area contributed by atoms with Crippen molar-refractivity contribution in [1.82, 2.24) is 25.4 Å². The zero-order valence-corrected chi connectivity index (χ0v) is 17.1. The summed E-state index contributed by atoms with van der Waals surface area (Å²) in [5, 5.41) is 21.1. The predicted molar refractivity (Wildman–Crippen MR) is 115 cm³/mol. The summed E-state index contributed by atoms with van der Waals surface area (Å²) in [7, 11) is 1.53. The first-order valence-corrected chi connectivity index (χ1v) is 9.98. The molecule has 0 saturated heterocycles. The number of pyridine rings is 1. The van der Waals surface area contributed by atoms with Crippen molar-refractivity contribution in [3.63, 3.8) is 0 Å². The molecular weight excluding hydrogens is 400 g/mol. The number of aliphatic carboxylic acids is 1. The average Bonchev–Trinajstić information content (AvgIpc) is 3.45. The molecule has 0 radical (unpaired) electrons. The van der Waals surface area contributed by atoms with Crippen LogP contribution in [0.1, 0.15) is 18.0 Å². The number of aromatic nitrogens is 3. The summed E-state index contributed by atoms with van der Waals surface area (Å²) in [5.41, 5.74) is 1.56. The molecule has 10 heteroatoms. The number of nitrogens with zero attached hydrogens (tertiary/aromatic N) is 4. The summed E-state index contributed by atoms with van der Waals surface area (Å²) < 4.78 is 12.6. The molecule has 1 aliphatic heterocycles. The highest BCUT2D eigenvalue weighted by atomic mass is 16.5. The van der Waals surface area contributed by atoms with Gasteiger partial charge in [-0.05, 0) is 29.8 Å². The van der Waals surface area contributed by atoms with Crippen LogP contribution in [0.4, 0.5) is 0 Å². The third-order valence-electron chi connectivity index (χ3n) is 4.92. The number of ether oxygens (including phenoxy) is 2. The maximum Gasteiger partial charge on any atom is 0.305 e. The number of methoxy groups -OCH3 is 1. The normalized spacial score (nSPS) is 14.0. The number of carbonyl (C=O) groups is 1. The van der Waals surface area contributed by atoms with E-state index in [4.69, 9.17) is 9.47 Å². The number of fused-ring (bicyclic) bond motifs is 1. The molecule has 31 heavy (non-hydrogen) atoms. The summed E-state index contributed by atoms with van der Waals surface area (Å²) in [6.07, 6.45) is 3.21. The lowest BCUT2D eigenvalue weighted by molar-refractivity contribution is -0.137. The Bertz CT molecular complexity index is 1080. The second kappa shape index (κ2) is 9.33. The van der Waals surface area contributed by atoms with Gasteiger partial charge in [0, 0.05) is 24.2 Å². The summed E-state index contributed by atoms with van der Waals surface area (Å²) >= 11 is 0. The minimum absolute atomic E-state index is 0.118. The quantitative estimate of drug-likeness (QED) is 0.441. The van der Waals surface area contributed by atoms with E-state index in [2.05, 4.69) is 25.7 Å². The van der Waals surface area contributed by atoms with E-state index in [-0.39, 0.29) is 6.42 Å². The van der Waals surface area contributed by atoms with Crippen LogP contribution in [0.15, 0.2) is 47.7 Å². The van der Waals surface area contributed by atoms with E-state index < -0.39 is 12.0 Å². The van der Waals surface area contributed by atoms with Crippen LogP contribution in [-0.4, -0.2) is 65.2 Å². The number of hydrogen-bond acceptors (Lipinski definition) is 8. The molecular formula is C21H24N6O4. The van der Waals surface area contributed by atoms with Crippen LogP contribution in [0.3, 0.4) is 0 Å². The minimum atomic E-state index is -0.918. The lowest BCUT2D eigenvalue weighted by atomic mass is 10.1. The van der Waals surface area contributed by atoms with Crippen molar-refractivity contribution in [3.05, 3.63) is 48.3 Å². The summed E-state index contributed by atoms with van der Waals surface area (Å²) in [6, 6.07) is 8.66. The second-order valence-corrected chi connectivity index (χ2v) is 6.99. The molecule has 3 N–H and O–H groups in total. The van der Waals surface area contributed by atoms with E-state index in [9.17, 15) is 9.90 Å². The molecule has 1 aromatic carbocycles. The SMILES string of the molecule is COc1ccc(C(CC(=O)O)n2ncc3cc(OCCNC4=NCCN4)ccc32)cn1. The topological polar surface area (TPSA) is 123 Å². The van der Waals surface area contributed by atoms with Gasteiger partial charge < -0.3 is 25.2 Å². The first-order valence-electron chi connectivity index (χ1n) is 9.98. The van der Waals surface area contributed by atoms with Crippen LogP contribution in [0.2, 0.25) is 0 Å². The van der Waals surface area contributed by atoms with Crippen molar-refractivity contribution in [1.29, 1.82) is 0 Å². The molecule has 0 amide bonds. The van der Waals surface area contributed by atoms with Gasteiger partial charge in [-0.2, -0.15) is 5.10 Å². The molecule has 4 rings (SSSR count). The Morgan fingerprint density at radius 2 is 2.23 bits per heavy atom. The fraction of sp³-hybridized carbons (Fsp3) is 0.333. The Labute approximate surface area is 178 Å². The van der Waals surface area contributed by atoms with Crippen molar-refractivity contribution < 1.29 is 19.4 Å². The standard InChI is InChI=1S/C21H24N6O4/c1-30-19-5-2-14(12-25-19)18(11-20(28)29)27-17-4-3-16(10-15(17)13-26-27)31-9-8-24-21-22-6-7-23-21/h2-5,10,12-13,18H,6-9,11H2,1H3,(H,28,29)(H2,22,23,24). The minimum Gasteiger partial charge on any atom is -0.492 e. The van der Waals surface area contributed by atoms with Crippen molar-refractivity contribution >= 4 is 22.8 Å². The van der Waals surface area contributed by atoms with Crippen LogP contribution in [0, 0.1) is 0 Å². The zero-order chi connectivity index (χ0) is 21.6. The molecule has 0 fully saturated rings. The van der Waals surface area contributed by atoms with E-state index in [1.807, 2.05) is 18.2 Å². The Kier molecular flexibility index (Phi) is 6.16. The molecule has 0 aliphatic carbocycles. The lowest BCUT2D eigenvalue weighted by Gasteiger charge is -2.17. The maximum absolute atomic E-state index is 11.5. The molecule has 1 atom stereocenters. The Morgan fingerprint density at radius 3 is 2.94 bits per heavy atom. The molecule has 3 heterocycles. The number of guanidine groups is 1. The Morgan fingerprint density at radius 1 is 1.32 bits per heavy atom. The molecule has 0 saturated carbocycles. The Hall–Kier alpha value is -3.82. The highest BCUT2D eigenvalue weighted by Gasteiger charge is 2.21. The van der Waals surface area contributed by atoms with Gasteiger partial charge in [0.25, 0.3) is 0 Å². The predicted octanol–water partition coefficient (Wildman–Crippen LogP) is 1.43. The number of carboxylic acid groups (broad SMARTS) is 1. The van der Waals surface area contributed by atoms with Crippen LogP contribution >= 0.6 is 0 Å². The van der Waals surface area contributed by atoms with Crippen LogP contribution in [0.25, 0.3) is 10.9 Å². The number of benzene rings is 1. The molecule has 0 bridgehead atoms. The third-order valence-corrected chi connectivity index (χ3v) is 4.92. The lowest BCUT2D eigenvalue weighted by Crippen LogP contribution is -2.36. The molecule has 2 aromatic heterocycles. The highest BCUT2D eigenvalue weighted by Crippen LogP contribution is 2.28. The van der Waals surface area contributed by atoms with Crippen LogP contribution in [0.5, 0.6) is 11.6 Å². The van der Waals surface area contributed by atoms with E-state index in [0.717, 1.165) is 41.3 Å². The monoisotopic (exact) mass is 424 g/mol. The van der Waals surface area contributed by atoms with E-state index in [1.54, 1.807) is 29.2 Å². The second-order valence-electron chi connectivity index (χ2n) is 6.99. The smallest absolute Gasteiger partial charge is 0.305 e. The largest absolute Gasteiger partial charge is 0.492 e. The molecule has 162 valence electrons. The van der Waals surface area contributed by atoms with Crippen LogP contribution < -0.4 is 20.1 Å². The number of aliphatic imine (C=N–C) groups is 1. The summed E-state index contributed by atoms with van der Waals surface area (Å²) in [5.74, 6) is 1.07. The van der Waals surface area contributed by atoms with Gasteiger partial charge in [0.05, 0.1) is 44.4 Å². The molecule has 3 aromatic rings. The van der Waals surface area contributed by atoms with Crippen molar-refractivity contribution in [3.8, 4) is 11.6 Å². The van der Waals surface area contributed by atoms with Crippen molar-refractivity contribution in [2.75, 3.05) is 33.4 Å². The molecule has 1 unspecified atom stereocenters. The fourth-order valence-corrected chi connectivity index (χ4v) is 3.44. The zero-order valence-electron chi connectivity index (χ0n) is 17.1. The summed E-state index contributed by atoms with van der Waals surface area (Å²) in [4.78, 5) is 20.0. The number of hydrogen-bond donors (Lipinski definition) is 3. The number of carboxylic acids is 1. The van der Waals surface area contributed by atoms with Gasteiger partial charge in [0.1, 0.15) is 12.4 Å². The highest BCUT2D eigenvalue weighted by molar-refractivity contribution is 5.81. The van der Waals surface area contributed by atoms with Gasteiger partial charge in [-0.3, -0.25) is 14.5 Å². The van der Waals surface area contributed by atoms with Gasteiger partial charge in [0.15, 0.2) is 5.96 Å². The van der Waals surface area contributed by atoms with Gasteiger partial charge >= 0.3 is 5.97 Å². The van der Waals surface area contributed by atoms with Crippen molar-refractivity contribution in [2.24, 2.45) is 4.99 Å². The van der Waals surface area contributed by atoms with Gasteiger partial charge in [-0.25, -0.2) is 4.98 Å². The van der Waals surface area contributed by atoms with E-state index in [0.29, 0.717) is 19.0 Å². The average molecular weight is 424 g/mol. The maximum atomic E-state index is 11.5. The number of rotatable bonds is 9. The first-order chi connectivity index (χ1) is 15.1. The van der Waals surface area contributed by atoms with Gasteiger partial charge in [-0.15, -0.1) is 0 Å². The molecule has 0 spiro atoms. The van der Waals surface area contributed by atoms with E-state index >= 15 is 0 Å². The van der Waals surface area contributed by atoms with Gasteiger partial charge in [0.2, 0.25) is 5.88 Å². The summed E-state index contributed by atoms with van der Waals surface area (Å²) in [6.45, 7) is 2.77.